The molecule has 1 unspecified atom stereocenters. The SMILES string of the molecule is CC(C)(C)OC(=O)N1CCN(Cc2ccc3c(c2)NC(NC(=O)c2cccc(C(F)(F)F)c2)N3c2ccccc2)CC1. The fourth-order valence-electron chi connectivity index (χ4n) is 5.05. The highest BCUT2D eigenvalue weighted by Crippen LogP contribution is 2.40. The number of anilines is 3. The van der Waals surface area contributed by atoms with E-state index < -0.39 is 29.5 Å². The van der Waals surface area contributed by atoms with Gasteiger partial charge in [-0.25, -0.2) is 4.79 Å². The molecule has 42 heavy (non-hydrogen) atoms. The maximum Gasteiger partial charge on any atom is 0.416 e. The number of amides is 2. The number of hydrogen-bond donors (Lipinski definition) is 2. The van der Waals surface area contributed by atoms with E-state index in [9.17, 15) is 22.8 Å². The molecule has 0 spiro atoms. The number of ether oxygens (including phenoxy) is 1. The standard InChI is InChI=1S/C31H34F3N5O3/c1-30(2,3)42-29(41)38-16-14-37(15-17-38)20-21-12-13-26-25(18-21)35-28(39(26)24-10-5-4-6-11-24)36-27(40)22-8-7-9-23(19-22)31(32,33)34/h4-13,18-19,28,35H,14-17,20H2,1-3H3,(H,36,40). The summed E-state index contributed by atoms with van der Waals surface area (Å²) in [6, 6.07) is 19.8. The van der Waals surface area contributed by atoms with Crippen molar-refractivity contribution in [3.8, 4) is 0 Å². The highest BCUT2D eigenvalue weighted by Gasteiger charge is 2.34. The molecule has 222 valence electrons. The number of alkyl halides is 3. The van der Waals surface area contributed by atoms with Crippen LogP contribution in [0.4, 0.5) is 35.0 Å². The van der Waals surface area contributed by atoms with Crippen molar-refractivity contribution in [2.24, 2.45) is 0 Å². The van der Waals surface area contributed by atoms with Crippen molar-refractivity contribution in [2.45, 2.75) is 45.4 Å². The number of halogens is 3. The Morgan fingerprint density at radius 3 is 2.31 bits per heavy atom. The van der Waals surface area contributed by atoms with Crippen molar-refractivity contribution < 1.29 is 27.5 Å². The van der Waals surface area contributed by atoms with Crippen LogP contribution in [0.5, 0.6) is 0 Å². The van der Waals surface area contributed by atoms with Gasteiger partial charge in [-0.3, -0.25) is 9.69 Å². The molecule has 2 aliphatic rings. The second-order valence-corrected chi connectivity index (χ2v) is 11.4. The number of para-hydroxylation sites is 1. The molecule has 11 heteroatoms. The van der Waals surface area contributed by atoms with Crippen LogP contribution in [0.3, 0.4) is 0 Å². The smallest absolute Gasteiger partial charge is 0.416 e. The predicted octanol–water partition coefficient (Wildman–Crippen LogP) is 6.04. The van der Waals surface area contributed by atoms with Gasteiger partial charge in [-0.2, -0.15) is 13.2 Å². The Kier molecular flexibility index (Phi) is 8.05. The average molecular weight is 582 g/mol. The second kappa shape index (κ2) is 11.6. The van der Waals surface area contributed by atoms with Crippen LogP contribution in [0.2, 0.25) is 0 Å². The van der Waals surface area contributed by atoms with E-state index in [1.165, 1.54) is 12.1 Å². The summed E-state index contributed by atoms with van der Waals surface area (Å²) in [5.74, 6) is -0.629. The van der Waals surface area contributed by atoms with Gasteiger partial charge < -0.3 is 25.2 Å². The van der Waals surface area contributed by atoms with Crippen molar-refractivity contribution in [3.63, 3.8) is 0 Å². The zero-order valence-corrected chi connectivity index (χ0v) is 23.7. The number of nitrogens with one attached hydrogen (secondary N) is 2. The summed E-state index contributed by atoms with van der Waals surface area (Å²) in [6.45, 7) is 8.78. The highest BCUT2D eigenvalue weighted by molar-refractivity contribution is 5.96. The van der Waals surface area contributed by atoms with Gasteiger partial charge in [0.25, 0.3) is 5.91 Å². The first-order chi connectivity index (χ1) is 19.9. The Hall–Kier alpha value is -4.25. The molecule has 3 aromatic carbocycles. The number of carbonyl (C=O) groups is 2. The molecule has 0 saturated carbocycles. The number of hydrogen-bond acceptors (Lipinski definition) is 6. The van der Waals surface area contributed by atoms with Gasteiger partial charge in [0.2, 0.25) is 0 Å². The molecule has 2 N–H and O–H groups in total. The fraction of sp³-hybridized carbons (Fsp3) is 0.355. The molecule has 0 bridgehead atoms. The largest absolute Gasteiger partial charge is 0.444 e. The van der Waals surface area contributed by atoms with Crippen LogP contribution < -0.4 is 15.5 Å². The van der Waals surface area contributed by atoms with Crippen molar-refractivity contribution in [3.05, 3.63) is 89.5 Å². The van der Waals surface area contributed by atoms with Crippen LogP contribution in [0, 0.1) is 0 Å². The fourth-order valence-corrected chi connectivity index (χ4v) is 5.05. The molecule has 1 atom stereocenters. The first-order valence-corrected chi connectivity index (χ1v) is 13.8. The number of nitrogens with zero attached hydrogens (tertiary/aromatic N) is 3. The summed E-state index contributed by atoms with van der Waals surface area (Å²) in [4.78, 5) is 31.4. The molecule has 0 aliphatic carbocycles. The first kappa shape index (κ1) is 29.2. The number of piperazine rings is 1. The van der Waals surface area contributed by atoms with E-state index in [4.69, 9.17) is 4.74 Å². The van der Waals surface area contributed by atoms with Crippen LogP contribution in [0.25, 0.3) is 0 Å². The van der Waals surface area contributed by atoms with Crippen molar-refractivity contribution >= 4 is 29.1 Å². The number of benzene rings is 3. The lowest BCUT2D eigenvalue weighted by Gasteiger charge is -2.35. The van der Waals surface area contributed by atoms with Crippen LogP contribution >= 0.6 is 0 Å². The predicted molar refractivity (Wildman–Crippen MR) is 154 cm³/mol. The number of carbonyl (C=O) groups excluding carboxylic acids is 2. The summed E-state index contributed by atoms with van der Waals surface area (Å²) >= 11 is 0. The Morgan fingerprint density at radius 2 is 1.64 bits per heavy atom. The monoisotopic (exact) mass is 581 g/mol. The summed E-state index contributed by atoms with van der Waals surface area (Å²) in [7, 11) is 0. The van der Waals surface area contributed by atoms with Crippen LogP contribution in [0.15, 0.2) is 72.8 Å². The molecule has 0 aromatic heterocycles. The van der Waals surface area contributed by atoms with Crippen molar-refractivity contribution in [1.29, 1.82) is 0 Å². The van der Waals surface area contributed by atoms with E-state index in [2.05, 4.69) is 15.5 Å². The molecular weight excluding hydrogens is 547 g/mol. The van der Waals surface area contributed by atoms with Gasteiger partial charge >= 0.3 is 12.3 Å². The molecular formula is C31H34F3N5O3. The zero-order chi connectivity index (χ0) is 30.1. The maximum atomic E-state index is 13.2. The van der Waals surface area contributed by atoms with Gasteiger partial charge in [-0.05, 0) is 68.8 Å². The molecule has 1 saturated heterocycles. The Morgan fingerprint density at radius 1 is 0.929 bits per heavy atom. The Balaban J connectivity index is 1.30. The first-order valence-electron chi connectivity index (χ1n) is 13.8. The van der Waals surface area contributed by atoms with E-state index >= 15 is 0 Å². The van der Waals surface area contributed by atoms with Gasteiger partial charge in [0.15, 0.2) is 6.29 Å². The minimum absolute atomic E-state index is 0.0817. The Labute approximate surface area is 243 Å². The Bertz CT molecular complexity index is 1430. The van der Waals surface area contributed by atoms with Gasteiger partial charge in [-0.15, -0.1) is 0 Å². The van der Waals surface area contributed by atoms with Crippen LogP contribution in [0.1, 0.15) is 42.3 Å². The minimum Gasteiger partial charge on any atom is -0.444 e. The summed E-state index contributed by atoms with van der Waals surface area (Å²) < 4.78 is 45.2. The van der Waals surface area contributed by atoms with Crippen LogP contribution in [-0.4, -0.2) is 59.9 Å². The second-order valence-electron chi connectivity index (χ2n) is 11.4. The van der Waals surface area contributed by atoms with E-state index in [1.54, 1.807) is 4.90 Å². The lowest BCUT2D eigenvalue weighted by molar-refractivity contribution is -0.137. The van der Waals surface area contributed by atoms with Crippen molar-refractivity contribution in [1.82, 2.24) is 15.1 Å². The number of fused-ring (bicyclic) bond motifs is 1. The molecule has 2 heterocycles. The summed E-state index contributed by atoms with van der Waals surface area (Å²) in [5.41, 5.74) is 1.97. The maximum absolute atomic E-state index is 13.2. The third-order valence-electron chi connectivity index (χ3n) is 7.06. The highest BCUT2D eigenvalue weighted by atomic mass is 19.4. The minimum atomic E-state index is -4.55. The average Bonchev–Trinajstić information content (AvgIpc) is 3.29. The number of rotatable bonds is 5. The normalized spacial score (nSPS) is 17.4. The van der Waals surface area contributed by atoms with Crippen molar-refractivity contribution in [2.75, 3.05) is 36.4 Å². The van der Waals surface area contributed by atoms with Gasteiger partial charge in [-0.1, -0.05) is 30.3 Å². The lowest BCUT2D eigenvalue weighted by atomic mass is 10.1. The third kappa shape index (κ3) is 6.79. The molecule has 8 nitrogen and oxygen atoms in total. The topological polar surface area (TPSA) is 77.1 Å². The van der Waals surface area contributed by atoms with Crippen LogP contribution in [-0.2, 0) is 17.5 Å². The third-order valence-corrected chi connectivity index (χ3v) is 7.06. The molecule has 5 rings (SSSR count). The molecule has 3 aromatic rings. The lowest BCUT2D eigenvalue weighted by Crippen LogP contribution is -2.49. The van der Waals surface area contributed by atoms with E-state index in [-0.39, 0.29) is 11.7 Å². The van der Waals surface area contributed by atoms with E-state index in [0.29, 0.717) is 32.7 Å². The summed E-state index contributed by atoms with van der Waals surface area (Å²) in [6.07, 6.45) is -5.58. The van der Waals surface area contributed by atoms with Gasteiger partial charge in [0.1, 0.15) is 5.60 Å². The van der Waals surface area contributed by atoms with Gasteiger partial charge in [0, 0.05) is 44.0 Å². The molecule has 2 aliphatic heterocycles. The molecule has 1 fully saturated rings. The summed E-state index contributed by atoms with van der Waals surface area (Å²) in [5, 5.41) is 6.18. The van der Waals surface area contributed by atoms with E-state index in [1.807, 2.05) is 74.2 Å². The van der Waals surface area contributed by atoms with Gasteiger partial charge in [0.05, 0.1) is 16.9 Å². The van der Waals surface area contributed by atoms with E-state index in [0.717, 1.165) is 34.8 Å². The quantitative estimate of drug-likeness (QED) is 0.383. The molecule has 2 amide bonds. The zero-order valence-electron chi connectivity index (χ0n) is 23.7. The molecule has 0 radical (unpaired) electrons.